The van der Waals surface area contributed by atoms with Gasteiger partial charge in [-0.15, -0.1) is 0 Å². The minimum atomic E-state index is -0.191. The molecule has 1 saturated heterocycles. The number of nitrogens with zero attached hydrogens (tertiary/aromatic N) is 1. The molecular weight excluding hydrogens is 350 g/mol. The zero-order valence-corrected chi connectivity index (χ0v) is 16.0. The number of hydrogen-bond acceptors (Lipinski definition) is 6. The van der Waals surface area contributed by atoms with E-state index in [4.69, 9.17) is 14.2 Å². The second-order valence-electron chi connectivity index (χ2n) is 6.37. The van der Waals surface area contributed by atoms with Gasteiger partial charge in [-0.3, -0.25) is 9.59 Å². The first-order valence-corrected chi connectivity index (χ1v) is 8.98. The molecule has 146 valence electrons. The predicted molar refractivity (Wildman–Crippen MR) is 97.8 cm³/mol. The first-order valence-electron chi connectivity index (χ1n) is 8.98. The van der Waals surface area contributed by atoms with Crippen molar-refractivity contribution >= 4 is 17.6 Å². The third kappa shape index (κ3) is 5.34. The molecular formula is C19H26N3O5+. The number of carbonyl (C=O) groups excluding carboxylic acids is 2. The first kappa shape index (κ1) is 20.5. The average Bonchev–Trinajstić information content (AvgIpc) is 2.68. The van der Waals surface area contributed by atoms with E-state index in [0.717, 1.165) is 18.0 Å². The number of piperidine rings is 1. The number of ether oxygens (including phenoxy) is 3. The zero-order valence-electron chi connectivity index (χ0n) is 16.0. The molecule has 1 fully saturated rings. The molecule has 27 heavy (non-hydrogen) atoms. The van der Waals surface area contributed by atoms with Crippen molar-refractivity contribution in [3.63, 3.8) is 0 Å². The Bertz CT molecular complexity index is 721. The lowest BCUT2D eigenvalue weighted by atomic mass is 9.97. The number of carbonyl (C=O) groups is 2. The van der Waals surface area contributed by atoms with Crippen molar-refractivity contribution in [1.29, 1.82) is 5.26 Å². The average molecular weight is 376 g/mol. The van der Waals surface area contributed by atoms with Crippen LogP contribution >= 0.6 is 0 Å². The number of hydrogen-bond donors (Lipinski definition) is 2. The first-order chi connectivity index (χ1) is 13.0. The van der Waals surface area contributed by atoms with E-state index in [-0.39, 0.29) is 24.3 Å². The van der Waals surface area contributed by atoms with Gasteiger partial charge in [-0.2, -0.15) is 5.26 Å². The second-order valence-corrected chi connectivity index (χ2v) is 6.37. The molecule has 0 aliphatic carbocycles. The van der Waals surface area contributed by atoms with Crippen LogP contribution in [0.3, 0.4) is 0 Å². The van der Waals surface area contributed by atoms with E-state index in [2.05, 4.69) is 11.4 Å². The lowest BCUT2D eigenvalue weighted by Gasteiger charge is -2.27. The minimum absolute atomic E-state index is 0.0761. The molecule has 1 amide bonds. The Labute approximate surface area is 159 Å². The third-order valence-electron chi connectivity index (χ3n) is 4.64. The summed E-state index contributed by atoms with van der Waals surface area (Å²) in [4.78, 5) is 25.3. The summed E-state index contributed by atoms with van der Waals surface area (Å²) in [6.07, 6.45) is 1.42. The Morgan fingerprint density at radius 2 is 1.85 bits per heavy atom. The van der Waals surface area contributed by atoms with Crippen molar-refractivity contribution < 1.29 is 28.7 Å². The lowest BCUT2D eigenvalue weighted by Crippen LogP contribution is -3.14. The highest BCUT2D eigenvalue weighted by Gasteiger charge is 2.29. The highest BCUT2D eigenvalue weighted by atomic mass is 16.5. The van der Waals surface area contributed by atoms with E-state index in [0.29, 0.717) is 42.2 Å². The van der Waals surface area contributed by atoms with Crippen LogP contribution in [0, 0.1) is 17.2 Å². The van der Waals surface area contributed by atoms with Gasteiger partial charge in [-0.25, -0.2) is 0 Å². The van der Waals surface area contributed by atoms with Gasteiger partial charge in [0.05, 0.1) is 51.1 Å². The number of amides is 1. The van der Waals surface area contributed by atoms with E-state index in [1.54, 1.807) is 13.0 Å². The molecule has 0 unspecified atom stereocenters. The smallest absolute Gasteiger partial charge is 0.309 e. The highest BCUT2D eigenvalue weighted by Crippen LogP contribution is 2.32. The normalized spacial score (nSPS) is 18.9. The molecule has 8 nitrogen and oxygen atoms in total. The summed E-state index contributed by atoms with van der Waals surface area (Å²) < 4.78 is 15.5. The highest BCUT2D eigenvalue weighted by molar-refractivity contribution is 5.93. The van der Waals surface area contributed by atoms with Gasteiger partial charge in [-0.05, 0) is 6.92 Å². The molecule has 1 aromatic carbocycles. The van der Waals surface area contributed by atoms with Gasteiger partial charge in [0, 0.05) is 25.0 Å². The maximum atomic E-state index is 12.4. The Hall–Kier alpha value is -2.79. The van der Waals surface area contributed by atoms with E-state index >= 15 is 0 Å². The van der Waals surface area contributed by atoms with Crippen LogP contribution in [0.5, 0.6) is 11.5 Å². The fraction of sp³-hybridized carbons (Fsp3) is 0.526. The van der Waals surface area contributed by atoms with Crippen molar-refractivity contribution in [2.75, 3.05) is 45.8 Å². The maximum absolute atomic E-state index is 12.4. The quantitative estimate of drug-likeness (QED) is 0.667. The molecule has 0 saturated carbocycles. The summed E-state index contributed by atoms with van der Waals surface area (Å²) in [5.41, 5.74) is 0.693. The van der Waals surface area contributed by atoms with Crippen LogP contribution in [-0.2, 0) is 14.3 Å². The number of esters is 1. The predicted octanol–water partition coefficient (Wildman–Crippen LogP) is 0.372. The summed E-state index contributed by atoms with van der Waals surface area (Å²) in [7, 11) is 2.98. The standard InChI is InChI=1S/C19H25N3O5/c1-4-27-19(24)13-5-7-22(8-6-13)12-18(23)21-15-10-17(26-3)16(25-2)9-14(15)11-20/h9-10,13H,4-8,12H2,1-3H3,(H,21,23)/p+1. The van der Waals surface area contributed by atoms with Crippen molar-refractivity contribution in [1.82, 2.24) is 0 Å². The summed E-state index contributed by atoms with van der Waals surface area (Å²) in [6, 6.07) is 5.17. The summed E-state index contributed by atoms with van der Waals surface area (Å²) in [5.74, 6) is 0.453. The Balaban J connectivity index is 1.95. The third-order valence-corrected chi connectivity index (χ3v) is 4.64. The molecule has 0 atom stereocenters. The van der Waals surface area contributed by atoms with Gasteiger partial charge in [0.15, 0.2) is 18.0 Å². The van der Waals surface area contributed by atoms with Gasteiger partial charge in [0.2, 0.25) is 0 Å². The molecule has 1 aliphatic heterocycles. The molecule has 1 aliphatic rings. The van der Waals surface area contributed by atoms with E-state index in [1.807, 2.05) is 0 Å². The van der Waals surface area contributed by atoms with E-state index in [9.17, 15) is 14.9 Å². The van der Waals surface area contributed by atoms with Gasteiger partial charge >= 0.3 is 5.97 Å². The van der Waals surface area contributed by atoms with Gasteiger partial charge in [0.1, 0.15) is 6.07 Å². The van der Waals surface area contributed by atoms with Crippen LogP contribution in [0.15, 0.2) is 12.1 Å². The largest absolute Gasteiger partial charge is 0.493 e. The van der Waals surface area contributed by atoms with Crippen LogP contribution < -0.4 is 19.7 Å². The SMILES string of the molecule is CCOC(=O)C1CC[NH+](CC(=O)Nc2cc(OC)c(OC)cc2C#N)CC1. The summed E-state index contributed by atoms with van der Waals surface area (Å²) >= 11 is 0. The van der Waals surface area contributed by atoms with E-state index < -0.39 is 0 Å². The summed E-state index contributed by atoms with van der Waals surface area (Å²) in [5, 5.41) is 12.1. The van der Waals surface area contributed by atoms with Crippen molar-refractivity contribution in [2.45, 2.75) is 19.8 Å². The van der Waals surface area contributed by atoms with Crippen LogP contribution in [0.25, 0.3) is 0 Å². The monoisotopic (exact) mass is 376 g/mol. The maximum Gasteiger partial charge on any atom is 0.309 e. The van der Waals surface area contributed by atoms with Crippen LogP contribution in [0.2, 0.25) is 0 Å². The zero-order chi connectivity index (χ0) is 19.8. The summed E-state index contributed by atoms with van der Waals surface area (Å²) in [6.45, 7) is 3.92. The second kappa shape index (κ2) is 9.78. The number of quaternary nitrogens is 1. The van der Waals surface area contributed by atoms with Gasteiger partial charge < -0.3 is 24.4 Å². The number of nitriles is 1. The number of methoxy groups -OCH3 is 2. The topological polar surface area (TPSA) is 102 Å². The van der Waals surface area contributed by atoms with E-state index in [1.165, 1.54) is 20.3 Å². The number of likely N-dealkylation sites (tertiary alicyclic amines) is 1. The molecule has 0 spiro atoms. The van der Waals surface area contributed by atoms with Crippen LogP contribution in [-0.4, -0.2) is 52.3 Å². The van der Waals surface area contributed by atoms with Crippen molar-refractivity contribution in [2.24, 2.45) is 5.92 Å². The number of nitrogens with one attached hydrogen (secondary N) is 2. The molecule has 0 bridgehead atoms. The molecule has 2 N–H and O–H groups in total. The Morgan fingerprint density at radius 1 is 1.22 bits per heavy atom. The van der Waals surface area contributed by atoms with Crippen molar-refractivity contribution in [3.05, 3.63) is 17.7 Å². The lowest BCUT2D eigenvalue weighted by molar-refractivity contribution is -0.897. The van der Waals surface area contributed by atoms with Gasteiger partial charge in [-0.1, -0.05) is 0 Å². The van der Waals surface area contributed by atoms with Gasteiger partial charge in [0.25, 0.3) is 5.91 Å². The molecule has 1 heterocycles. The van der Waals surface area contributed by atoms with Crippen molar-refractivity contribution in [3.8, 4) is 17.6 Å². The number of rotatable bonds is 7. The number of anilines is 1. The minimum Gasteiger partial charge on any atom is -0.493 e. The number of benzene rings is 1. The van der Waals surface area contributed by atoms with Crippen LogP contribution in [0.1, 0.15) is 25.3 Å². The Morgan fingerprint density at radius 3 is 2.41 bits per heavy atom. The molecule has 8 heteroatoms. The molecule has 0 radical (unpaired) electrons. The fourth-order valence-corrected chi connectivity index (χ4v) is 3.20. The Kier molecular flexibility index (Phi) is 7.44. The molecule has 0 aromatic heterocycles. The molecule has 1 aromatic rings. The fourth-order valence-electron chi connectivity index (χ4n) is 3.20. The molecule has 2 rings (SSSR count). The van der Waals surface area contributed by atoms with Crippen LogP contribution in [0.4, 0.5) is 5.69 Å².